The molecule has 0 aliphatic heterocycles. The van der Waals surface area contributed by atoms with Gasteiger partial charge in [0, 0.05) is 0 Å². The van der Waals surface area contributed by atoms with Crippen molar-refractivity contribution in [1.29, 1.82) is 0 Å². The van der Waals surface area contributed by atoms with E-state index in [9.17, 15) is 5.11 Å². The molecule has 0 bridgehead atoms. The first-order valence-corrected chi connectivity index (χ1v) is 12.2. The van der Waals surface area contributed by atoms with Crippen LogP contribution in [0, 0.1) is 46.8 Å². The third-order valence-electron chi connectivity index (χ3n) is 9.71. The molecule has 0 saturated heterocycles. The van der Waals surface area contributed by atoms with Gasteiger partial charge in [-0.1, -0.05) is 40.0 Å². The highest BCUT2D eigenvalue weighted by Gasteiger charge is 2.56. The first kappa shape index (κ1) is 19.3. The highest BCUT2D eigenvalue weighted by Crippen LogP contribution is 2.64. The fraction of sp³-hybridized carbons (Fsp3) is 1.00. The van der Waals surface area contributed by atoms with Crippen LogP contribution in [0.25, 0.3) is 0 Å². The molecule has 4 aliphatic rings. The highest BCUT2D eigenvalue weighted by molar-refractivity contribution is 5.05. The lowest BCUT2D eigenvalue weighted by atomic mass is 9.49. The normalized spacial score (nSPS) is 46.5. The molecule has 1 nitrogen and oxygen atoms in total. The molecule has 0 heterocycles. The summed E-state index contributed by atoms with van der Waals surface area (Å²) < 4.78 is 0. The molecule has 4 aliphatic carbocycles. The first-order valence-electron chi connectivity index (χ1n) is 12.2. The van der Waals surface area contributed by atoms with Crippen molar-refractivity contribution in [1.82, 2.24) is 0 Å². The highest BCUT2D eigenvalue weighted by atomic mass is 16.3. The van der Waals surface area contributed by atoms with Gasteiger partial charge in [-0.2, -0.15) is 0 Å². The Bertz CT molecular complexity index is 471. The van der Waals surface area contributed by atoms with E-state index in [1.54, 1.807) is 19.3 Å². The maximum absolute atomic E-state index is 10.6. The van der Waals surface area contributed by atoms with Crippen LogP contribution >= 0.6 is 0 Å². The summed E-state index contributed by atoms with van der Waals surface area (Å²) in [4.78, 5) is 0. The maximum atomic E-state index is 10.6. The average molecular weight is 361 g/mol. The third-order valence-corrected chi connectivity index (χ3v) is 9.71. The number of fused-ring (bicyclic) bond motifs is 5. The molecule has 0 aromatic heterocycles. The van der Waals surface area contributed by atoms with E-state index in [0.717, 1.165) is 54.3 Å². The summed E-state index contributed by atoms with van der Waals surface area (Å²) >= 11 is 0. The van der Waals surface area contributed by atoms with Crippen LogP contribution in [0.15, 0.2) is 0 Å². The van der Waals surface area contributed by atoms with Crippen molar-refractivity contribution >= 4 is 0 Å². The molecule has 4 rings (SSSR count). The summed E-state index contributed by atoms with van der Waals surface area (Å²) in [7, 11) is 0. The number of aliphatic hydroxyl groups is 1. The van der Waals surface area contributed by atoms with Gasteiger partial charge < -0.3 is 5.11 Å². The fourth-order valence-electron chi connectivity index (χ4n) is 8.30. The third kappa shape index (κ3) is 3.51. The van der Waals surface area contributed by atoms with Crippen LogP contribution in [0.3, 0.4) is 0 Å². The largest absolute Gasteiger partial charge is 0.393 e. The van der Waals surface area contributed by atoms with Crippen molar-refractivity contribution < 1.29 is 5.11 Å². The molecule has 1 N–H and O–H groups in total. The quantitative estimate of drug-likeness (QED) is 0.569. The summed E-state index contributed by atoms with van der Waals surface area (Å²) in [6, 6.07) is 0. The van der Waals surface area contributed by atoms with Crippen LogP contribution in [-0.4, -0.2) is 11.2 Å². The van der Waals surface area contributed by atoms with Crippen molar-refractivity contribution in [2.45, 2.75) is 110 Å². The second-order valence-electron chi connectivity index (χ2n) is 11.4. The molecule has 0 amide bonds. The molecule has 0 aromatic carbocycles. The number of aliphatic hydroxyl groups excluding tert-OH is 1. The number of rotatable bonds is 5. The Labute approximate surface area is 162 Å². The lowest BCUT2D eigenvalue weighted by molar-refractivity contribution is -0.0671. The predicted octanol–water partition coefficient (Wildman–Crippen LogP) is 6.83. The topological polar surface area (TPSA) is 20.2 Å². The summed E-state index contributed by atoms with van der Waals surface area (Å²) in [5, 5.41) is 10.6. The lowest BCUT2D eigenvalue weighted by Gasteiger charge is -2.56. The Morgan fingerprint density at radius 2 is 1.65 bits per heavy atom. The van der Waals surface area contributed by atoms with E-state index in [2.05, 4.69) is 20.8 Å². The van der Waals surface area contributed by atoms with Gasteiger partial charge in [-0.05, 0) is 111 Å². The number of hydrogen-bond donors (Lipinski definition) is 1. The summed E-state index contributed by atoms with van der Waals surface area (Å²) in [6.07, 6.45) is 18.3. The second kappa shape index (κ2) is 7.76. The van der Waals surface area contributed by atoms with Gasteiger partial charge >= 0.3 is 0 Å². The molecule has 0 spiro atoms. The van der Waals surface area contributed by atoms with E-state index in [1.165, 1.54) is 51.4 Å². The molecular weight excluding hydrogens is 316 g/mol. The summed E-state index contributed by atoms with van der Waals surface area (Å²) in [5.41, 5.74) is 0.543. The Kier molecular flexibility index (Phi) is 5.76. The second-order valence-corrected chi connectivity index (χ2v) is 11.4. The standard InChI is InChI=1S/C25H44O/c1-17(2)8-11-20(26)16-19-10-13-24-23-12-9-18-6-4-5-7-21(18)22(23)14-15-25(19,24)3/h17-24,26H,4-16H2,1-3H3. The monoisotopic (exact) mass is 360 g/mol. The van der Waals surface area contributed by atoms with E-state index < -0.39 is 0 Å². The first-order chi connectivity index (χ1) is 12.5. The van der Waals surface area contributed by atoms with E-state index >= 15 is 0 Å². The maximum Gasteiger partial charge on any atom is 0.0543 e. The van der Waals surface area contributed by atoms with Crippen LogP contribution in [0.5, 0.6) is 0 Å². The van der Waals surface area contributed by atoms with Gasteiger partial charge in [0.1, 0.15) is 0 Å². The molecule has 150 valence electrons. The van der Waals surface area contributed by atoms with Crippen LogP contribution in [-0.2, 0) is 0 Å². The molecule has 0 aromatic rings. The predicted molar refractivity (Wildman–Crippen MR) is 110 cm³/mol. The molecule has 4 saturated carbocycles. The average Bonchev–Trinajstić information content (AvgIpc) is 2.96. The lowest BCUT2D eigenvalue weighted by Crippen LogP contribution is -2.48. The Morgan fingerprint density at radius 1 is 0.846 bits per heavy atom. The fourth-order valence-corrected chi connectivity index (χ4v) is 8.30. The van der Waals surface area contributed by atoms with Crippen molar-refractivity contribution in [3.05, 3.63) is 0 Å². The molecule has 8 unspecified atom stereocenters. The van der Waals surface area contributed by atoms with E-state index in [0.29, 0.717) is 5.41 Å². The molecule has 4 fully saturated rings. The van der Waals surface area contributed by atoms with Gasteiger partial charge in [0.2, 0.25) is 0 Å². The van der Waals surface area contributed by atoms with Crippen molar-refractivity contribution in [2.24, 2.45) is 46.8 Å². The van der Waals surface area contributed by atoms with Gasteiger partial charge in [0.05, 0.1) is 6.10 Å². The Morgan fingerprint density at radius 3 is 2.46 bits per heavy atom. The minimum absolute atomic E-state index is 0.0511. The minimum Gasteiger partial charge on any atom is -0.393 e. The summed E-state index contributed by atoms with van der Waals surface area (Å²) in [5.74, 6) is 6.76. The van der Waals surface area contributed by atoms with Crippen molar-refractivity contribution in [3.8, 4) is 0 Å². The summed E-state index contributed by atoms with van der Waals surface area (Å²) in [6.45, 7) is 7.19. The number of hydrogen-bond acceptors (Lipinski definition) is 1. The zero-order chi connectivity index (χ0) is 18.3. The Hall–Kier alpha value is -0.0400. The van der Waals surface area contributed by atoms with Crippen LogP contribution < -0.4 is 0 Å². The van der Waals surface area contributed by atoms with Gasteiger partial charge in [-0.3, -0.25) is 0 Å². The van der Waals surface area contributed by atoms with E-state index in [1.807, 2.05) is 0 Å². The van der Waals surface area contributed by atoms with Gasteiger partial charge in [0.15, 0.2) is 0 Å². The zero-order valence-corrected chi connectivity index (χ0v) is 17.8. The van der Waals surface area contributed by atoms with Crippen molar-refractivity contribution in [2.75, 3.05) is 0 Å². The smallest absolute Gasteiger partial charge is 0.0543 e. The SMILES string of the molecule is CC(C)CCC(O)CC1CCC2C3CCC4CCCCC4C3CCC12C. The minimum atomic E-state index is -0.0511. The van der Waals surface area contributed by atoms with Crippen LogP contribution in [0.2, 0.25) is 0 Å². The Balaban J connectivity index is 1.41. The molecule has 0 radical (unpaired) electrons. The van der Waals surface area contributed by atoms with Gasteiger partial charge in [0.25, 0.3) is 0 Å². The van der Waals surface area contributed by atoms with Crippen molar-refractivity contribution in [3.63, 3.8) is 0 Å². The van der Waals surface area contributed by atoms with Crippen LogP contribution in [0.4, 0.5) is 0 Å². The van der Waals surface area contributed by atoms with Crippen LogP contribution in [0.1, 0.15) is 104 Å². The van der Waals surface area contributed by atoms with Gasteiger partial charge in [-0.15, -0.1) is 0 Å². The molecule has 1 heteroatoms. The van der Waals surface area contributed by atoms with E-state index in [4.69, 9.17) is 0 Å². The van der Waals surface area contributed by atoms with Gasteiger partial charge in [-0.25, -0.2) is 0 Å². The van der Waals surface area contributed by atoms with E-state index in [-0.39, 0.29) is 6.10 Å². The zero-order valence-electron chi connectivity index (χ0n) is 17.8. The molecule has 8 atom stereocenters. The molecular formula is C25H44O. The molecule has 26 heavy (non-hydrogen) atoms.